The standard InChI is InChI=1S/C13H12N4S.Ni/c18-13(16-14-11-7-3-1-4-8-11)17-15-12-9-5-2-6-10-12;/h1-10,14H,(H,16,18);. The zero-order valence-electron chi connectivity index (χ0n) is 9.89. The average Bonchev–Trinajstić information content (AvgIpc) is 2.45. The molecule has 0 heterocycles. The molecule has 0 atom stereocenters. The molecule has 2 rings (SSSR count). The molecule has 0 unspecified atom stereocenters. The molecule has 0 fully saturated rings. The topological polar surface area (TPSA) is 48.8 Å². The second-order valence-corrected chi connectivity index (χ2v) is 3.84. The van der Waals surface area contributed by atoms with E-state index in [1.807, 2.05) is 60.7 Å². The Morgan fingerprint density at radius 1 is 0.895 bits per heavy atom. The summed E-state index contributed by atoms with van der Waals surface area (Å²) in [6, 6.07) is 19.1. The first kappa shape index (κ1) is 15.3. The molecule has 0 aliphatic heterocycles. The molecule has 0 amide bonds. The van der Waals surface area contributed by atoms with Gasteiger partial charge >= 0.3 is 0 Å². The van der Waals surface area contributed by atoms with Gasteiger partial charge < -0.3 is 0 Å². The molecule has 0 saturated carbocycles. The number of anilines is 1. The zero-order chi connectivity index (χ0) is 12.6. The molecule has 2 N–H and O–H groups in total. The maximum Gasteiger partial charge on any atom is 0.232 e. The molecule has 0 aromatic heterocycles. The van der Waals surface area contributed by atoms with Crippen LogP contribution in [0.1, 0.15) is 0 Å². The summed E-state index contributed by atoms with van der Waals surface area (Å²) in [5.74, 6) is 0. The van der Waals surface area contributed by atoms with E-state index in [2.05, 4.69) is 21.1 Å². The van der Waals surface area contributed by atoms with Crippen molar-refractivity contribution in [2.75, 3.05) is 5.43 Å². The number of nitrogens with zero attached hydrogens (tertiary/aromatic N) is 2. The predicted molar refractivity (Wildman–Crippen MR) is 76.8 cm³/mol. The van der Waals surface area contributed by atoms with Gasteiger partial charge in [-0.2, -0.15) is 0 Å². The van der Waals surface area contributed by atoms with E-state index in [-0.39, 0.29) is 21.6 Å². The normalized spacial score (nSPS) is 9.68. The number of hydrazine groups is 1. The predicted octanol–water partition coefficient (Wildman–Crippen LogP) is 3.67. The van der Waals surface area contributed by atoms with Gasteiger partial charge in [-0.25, -0.2) is 0 Å². The average molecular weight is 315 g/mol. The van der Waals surface area contributed by atoms with Crippen LogP contribution in [-0.2, 0) is 16.5 Å². The van der Waals surface area contributed by atoms with Crippen molar-refractivity contribution in [1.29, 1.82) is 0 Å². The number of azo groups is 1. The number of thiocarbonyl (C=S) groups is 1. The second kappa shape index (κ2) is 8.35. The van der Waals surface area contributed by atoms with E-state index in [1.54, 1.807) is 0 Å². The van der Waals surface area contributed by atoms with Crippen LogP contribution in [-0.4, -0.2) is 5.11 Å². The van der Waals surface area contributed by atoms with Gasteiger partial charge in [0, 0.05) is 16.5 Å². The maximum absolute atomic E-state index is 5.02. The molecule has 2 aromatic carbocycles. The molecule has 6 heteroatoms. The smallest absolute Gasteiger partial charge is 0.232 e. The first-order valence-electron chi connectivity index (χ1n) is 5.42. The number of benzene rings is 2. The van der Waals surface area contributed by atoms with Crippen LogP contribution in [0.3, 0.4) is 0 Å². The van der Waals surface area contributed by atoms with Gasteiger partial charge in [-0.05, 0) is 36.5 Å². The molecule has 0 aliphatic rings. The van der Waals surface area contributed by atoms with Crippen molar-refractivity contribution in [3.05, 3.63) is 60.7 Å². The van der Waals surface area contributed by atoms with Gasteiger partial charge in [0.25, 0.3) is 0 Å². The molecule has 0 radical (unpaired) electrons. The van der Waals surface area contributed by atoms with Gasteiger partial charge in [-0.3, -0.25) is 10.9 Å². The fourth-order valence-electron chi connectivity index (χ4n) is 1.27. The SMILES string of the molecule is S=C(N=Nc1ccccc1)NNc1ccccc1.[Ni]. The molecular formula is C13H12N4NiS. The Hall–Kier alpha value is -1.78. The van der Waals surface area contributed by atoms with Crippen molar-refractivity contribution >= 4 is 28.7 Å². The van der Waals surface area contributed by atoms with Crippen LogP contribution in [0.5, 0.6) is 0 Å². The Labute approximate surface area is 127 Å². The summed E-state index contributed by atoms with van der Waals surface area (Å²) in [6.45, 7) is 0. The molecule has 0 aliphatic carbocycles. The monoisotopic (exact) mass is 314 g/mol. The first-order chi connectivity index (χ1) is 8.84. The van der Waals surface area contributed by atoms with Crippen LogP contribution in [0.25, 0.3) is 0 Å². The van der Waals surface area contributed by atoms with E-state index >= 15 is 0 Å². The number of rotatable bonds is 3. The molecule has 100 valence electrons. The third-order valence-electron chi connectivity index (χ3n) is 2.10. The van der Waals surface area contributed by atoms with E-state index in [9.17, 15) is 0 Å². The molecule has 0 saturated heterocycles. The van der Waals surface area contributed by atoms with E-state index in [4.69, 9.17) is 12.2 Å². The summed E-state index contributed by atoms with van der Waals surface area (Å²) in [5, 5.41) is 8.17. The fourth-order valence-corrected chi connectivity index (χ4v) is 1.36. The number of para-hydroxylation sites is 1. The number of hydrogen-bond acceptors (Lipinski definition) is 3. The van der Waals surface area contributed by atoms with Crippen molar-refractivity contribution < 1.29 is 16.5 Å². The van der Waals surface area contributed by atoms with Crippen molar-refractivity contribution in [3.8, 4) is 0 Å². The minimum absolute atomic E-state index is 0. The van der Waals surface area contributed by atoms with Gasteiger partial charge in [0.05, 0.1) is 11.4 Å². The van der Waals surface area contributed by atoms with Gasteiger partial charge in [-0.15, -0.1) is 10.2 Å². The summed E-state index contributed by atoms with van der Waals surface area (Å²) in [6.07, 6.45) is 0. The fraction of sp³-hybridized carbons (Fsp3) is 0. The third kappa shape index (κ3) is 5.59. The van der Waals surface area contributed by atoms with Crippen LogP contribution in [0.15, 0.2) is 70.9 Å². The summed E-state index contributed by atoms with van der Waals surface area (Å²) in [5.41, 5.74) is 7.40. The minimum atomic E-state index is 0. The van der Waals surface area contributed by atoms with Crippen molar-refractivity contribution in [2.24, 2.45) is 10.2 Å². The zero-order valence-corrected chi connectivity index (χ0v) is 11.7. The van der Waals surface area contributed by atoms with Crippen LogP contribution in [0, 0.1) is 0 Å². The van der Waals surface area contributed by atoms with E-state index in [0.717, 1.165) is 11.4 Å². The maximum atomic E-state index is 5.02. The molecule has 0 spiro atoms. The third-order valence-corrected chi connectivity index (χ3v) is 2.28. The Morgan fingerprint density at radius 3 is 2.11 bits per heavy atom. The first-order valence-corrected chi connectivity index (χ1v) is 5.83. The van der Waals surface area contributed by atoms with E-state index < -0.39 is 0 Å². The van der Waals surface area contributed by atoms with Crippen LogP contribution < -0.4 is 10.9 Å². The van der Waals surface area contributed by atoms with Crippen molar-refractivity contribution in [3.63, 3.8) is 0 Å². The van der Waals surface area contributed by atoms with E-state index in [1.165, 1.54) is 0 Å². The quantitative estimate of drug-likeness (QED) is 0.393. The Balaban J connectivity index is 0.00000180. The molecule has 2 aromatic rings. The van der Waals surface area contributed by atoms with Gasteiger partial charge in [0.1, 0.15) is 0 Å². The van der Waals surface area contributed by atoms with Crippen LogP contribution in [0.4, 0.5) is 11.4 Å². The van der Waals surface area contributed by atoms with Gasteiger partial charge in [0.2, 0.25) is 5.11 Å². The van der Waals surface area contributed by atoms with Gasteiger partial charge in [0.15, 0.2) is 0 Å². The number of nitrogens with one attached hydrogen (secondary N) is 2. The Bertz CT molecular complexity index is 531. The van der Waals surface area contributed by atoms with Crippen molar-refractivity contribution in [2.45, 2.75) is 0 Å². The minimum Gasteiger partial charge on any atom is -0.299 e. The van der Waals surface area contributed by atoms with E-state index in [0.29, 0.717) is 0 Å². The summed E-state index contributed by atoms with van der Waals surface area (Å²) in [4.78, 5) is 0. The molecule has 19 heavy (non-hydrogen) atoms. The van der Waals surface area contributed by atoms with Crippen molar-refractivity contribution in [1.82, 2.24) is 5.43 Å². The molecule has 0 bridgehead atoms. The Kier molecular flexibility index (Phi) is 6.71. The molecule has 4 nitrogen and oxygen atoms in total. The largest absolute Gasteiger partial charge is 0.299 e. The summed E-state index contributed by atoms with van der Waals surface area (Å²) < 4.78 is 0. The summed E-state index contributed by atoms with van der Waals surface area (Å²) >= 11 is 5.02. The van der Waals surface area contributed by atoms with Gasteiger partial charge in [-0.1, -0.05) is 36.4 Å². The number of hydrogen-bond donors (Lipinski definition) is 2. The second-order valence-electron chi connectivity index (χ2n) is 3.46. The van der Waals surface area contributed by atoms with Crippen LogP contribution in [0.2, 0.25) is 0 Å². The molecular weight excluding hydrogens is 303 g/mol. The summed E-state index contributed by atoms with van der Waals surface area (Å²) in [7, 11) is 0. The van der Waals surface area contributed by atoms with Crippen LogP contribution >= 0.6 is 12.2 Å². The Morgan fingerprint density at radius 2 is 1.47 bits per heavy atom.